The minimum Gasteiger partial charge on any atom is -0.414 e. The largest absolute Gasteiger partial charge is 0.414 e. The lowest BCUT2D eigenvalue weighted by molar-refractivity contribution is -0.234. The van der Waals surface area contributed by atoms with Crippen LogP contribution in [0.25, 0.3) is 5.69 Å². The minimum absolute atomic E-state index is 0.00780. The van der Waals surface area contributed by atoms with Crippen molar-refractivity contribution in [3.05, 3.63) is 63.5 Å². The molecule has 0 radical (unpaired) electrons. The maximum Gasteiger partial charge on any atom is 0.352 e. The monoisotopic (exact) mass is 964 g/mol. The lowest BCUT2D eigenvalue weighted by Crippen LogP contribution is -2.80. The van der Waals surface area contributed by atoms with Crippen LogP contribution in [-0.2, 0) is 29.1 Å². The normalized spacial score (nSPS) is 32.3. The molecule has 1 aromatic carbocycles. The Bertz CT molecular complexity index is 2180. The fraction of sp³-hybridized carbons (Fsp3) is 0.815. The highest BCUT2D eigenvalue weighted by Crippen LogP contribution is 2.74. The fourth-order valence-corrected chi connectivity index (χ4v) is 20.1. The van der Waals surface area contributed by atoms with E-state index in [0.29, 0.717) is 18.0 Å². The SMILES string of the molecule is CCC(CC)(CCCOC[C@H]1CC[C@@H]2[C@]1(C)CC[C@H]1[C@]23C=C[C@]2(C[C@@H](O[Si](C)(C)C(C)(C)C)C[C@H](O[Si](C)(C)C(C)(C)C)[C@]12C)n1c(=O)n(-c2ccccc2)c(=O)n13)O[Si](CC)(CC)CC. The number of fused-ring (bicyclic) bond motifs is 1. The van der Waals surface area contributed by atoms with Gasteiger partial charge in [0.25, 0.3) is 0 Å². The number of para-hydroxylation sites is 1. The van der Waals surface area contributed by atoms with Crippen molar-refractivity contribution in [2.75, 3.05) is 13.2 Å². The summed E-state index contributed by atoms with van der Waals surface area (Å²) in [7, 11) is -6.36. The van der Waals surface area contributed by atoms with Gasteiger partial charge in [-0.15, -0.1) is 0 Å². The standard InChI is InChI=1S/C54H93N3O6Si3/c1-18-52(19-2,63-66(20-3,21-4)22-5)32-26-36-60-39-40-29-30-43-50(40,12)33-31-44-51(13)45(62-65(16,17)49(9,10)11)37-42(61-64(14,15)48(6,7)8)38-53(51)34-35-54(43,44)57-47(59)55(46(58)56(53)57)41-27-24-23-25-28-41/h23-25,27-28,34-35,40,42-45H,18-22,26,29-33,36-39H2,1-17H3/t40-,42+,43-,44-,45+,50-,51+,53-,54+/m1/s1. The van der Waals surface area contributed by atoms with E-state index in [9.17, 15) is 0 Å². The van der Waals surface area contributed by atoms with E-state index in [1.165, 1.54) is 22.7 Å². The Labute approximate surface area is 403 Å². The van der Waals surface area contributed by atoms with Crippen molar-refractivity contribution in [1.82, 2.24) is 13.9 Å². The van der Waals surface area contributed by atoms with Crippen LogP contribution < -0.4 is 11.4 Å². The van der Waals surface area contributed by atoms with Gasteiger partial charge in [-0.1, -0.05) is 120 Å². The summed E-state index contributed by atoms with van der Waals surface area (Å²) in [5, 5.41) is -0.00729. The van der Waals surface area contributed by atoms with Crippen LogP contribution in [0, 0.1) is 28.6 Å². The van der Waals surface area contributed by atoms with E-state index in [2.05, 4.69) is 128 Å². The summed E-state index contributed by atoms with van der Waals surface area (Å²) in [6.45, 7) is 41.4. The van der Waals surface area contributed by atoms with E-state index < -0.39 is 41.4 Å². The van der Waals surface area contributed by atoms with Crippen LogP contribution in [0.5, 0.6) is 0 Å². The topological polar surface area (TPSA) is 85.9 Å². The van der Waals surface area contributed by atoms with Gasteiger partial charge in [-0.2, -0.15) is 0 Å². The van der Waals surface area contributed by atoms with Crippen LogP contribution in [0.1, 0.15) is 154 Å². The van der Waals surface area contributed by atoms with E-state index in [1.54, 1.807) is 0 Å². The van der Waals surface area contributed by atoms with Crippen LogP contribution in [0.15, 0.2) is 52.1 Å². The summed E-state index contributed by atoms with van der Waals surface area (Å²) in [4.78, 5) is 31.3. The van der Waals surface area contributed by atoms with Gasteiger partial charge >= 0.3 is 11.4 Å². The molecule has 0 unspecified atom stereocenters. The van der Waals surface area contributed by atoms with Crippen molar-refractivity contribution in [3.63, 3.8) is 0 Å². The number of nitrogens with zero attached hydrogens (tertiary/aromatic N) is 3. The Balaban J connectivity index is 1.30. The number of hydrogen-bond donors (Lipinski definition) is 0. The highest BCUT2D eigenvalue weighted by Gasteiger charge is 2.77. The molecule has 0 saturated heterocycles. The highest BCUT2D eigenvalue weighted by molar-refractivity contribution is 6.74. The van der Waals surface area contributed by atoms with Gasteiger partial charge in [0, 0.05) is 25.0 Å². The molecule has 0 N–H and O–H groups in total. The third kappa shape index (κ3) is 7.85. The third-order valence-electron chi connectivity index (χ3n) is 20.7. The molecular weight excluding hydrogens is 871 g/mol. The predicted octanol–water partition coefficient (Wildman–Crippen LogP) is 13.2. The second-order valence-corrected chi connectivity index (χ2v) is 39.6. The van der Waals surface area contributed by atoms with Crippen LogP contribution in [0.4, 0.5) is 0 Å². The lowest BCUT2D eigenvalue weighted by Gasteiger charge is -2.73. The van der Waals surface area contributed by atoms with Crippen LogP contribution in [0.3, 0.4) is 0 Å². The molecule has 2 spiro atoms. The summed E-state index contributed by atoms with van der Waals surface area (Å²) in [5.74, 6) is 0.581. The average molecular weight is 965 g/mol. The zero-order chi connectivity index (χ0) is 48.7. The molecule has 4 aliphatic carbocycles. The summed E-state index contributed by atoms with van der Waals surface area (Å²) >= 11 is 0. The van der Waals surface area contributed by atoms with Crippen LogP contribution >= 0.6 is 0 Å². The first-order valence-corrected chi connectivity index (χ1v) is 34.9. The van der Waals surface area contributed by atoms with Crippen LogP contribution in [0.2, 0.25) is 54.4 Å². The van der Waals surface area contributed by atoms with Gasteiger partial charge in [0.1, 0.15) is 0 Å². The van der Waals surface area contributed by atoms with Crippen molar-refractivity contribution < 1.29 is 18.0 Å². The Morgan fingerprint density at radius 2 is 1.33 bits per heavy atom. The van der Waals surface area contributed by atoms with Crippen molar-refractivity contribution in [1.29, 1.82) is 0 Å². The molecule has 9 atom stereocenters. The molecule has 2 aromatic rings. The van der Waals surface area contributed by atoms with Crippen molar-refractivity contribution in [3.8, 4) is 5.69 Å². The number of rotatable bonds is 18. The van der Waals surface area contributed by atoms with E-state index in [-0.39, 0.29) is 56.5 Å². The van der Waals surface area contributed by atoms with Gasteiger partial charge in [0.15, 0.2) is 25.0 Å². The molecule has 372 valence electrons. The zero-order valence-electron chi connectivity index (χ0n) is 44.8. The number of benzene rings is 1. The molecular formula is C54H93N3O6Si3. The number of aromatic nitrogens is 3. The maximum atomic E-state index is 15.7. The number of hydrogen-bond acceptors (Lipinski definition) is 6. The third-order valence-corrected chi connectivity index (χ3v) is 34.5. The smallest absolute Gasteiger partial charge is 0.352 e. The number of allylic oxidation sites excluding steroid dienone is 2. The summed E-state index contributed by atoms with van der Waals surface area (Å²) in [6.07, 6.45) is 14.2. The Morgan fingerprint density at radius 3 is 1.91 bits per heavy atom. The summed E-state index contributed by atoms with van der Waals surface area (Å²) in [6, 6.07) is 13.1. The van der Waals surface area contributed by atoms with Crippen molar-refractivity contribution >= 4 is 25.0 Å². The molecule has 1 aromatic heterocycles. The molecule has 12 heteroatoms. The molecule has 3 saturated carbocycles. The fourth-order valence-electron chi connectivity index (χ4n) is 14.1. The van der Waals surface area contributed by atoms with Crippen molar-refractivity contribution in [2.24, 2.45) is 28.6 Å². The molecule has 0 amide bonds. The molecule has 2 bridgehead atoms. The molecule has 66 heavy (non-hydrogen) atoms. The maximum absolute atomic E-state index is 15.7. The first-order chi connectivity index (χ1) is 30.7. The molecule has 6 aliphatic rings. The highest BCUT2D eigenvalue weighted by atomic mass is 28.4. The van der Waals surface area contributed by atoms with E-state index in [4.69, 9.17) is 18.0 Å². The molecule has 2 aliphatic heterocycles. The van der Waals surface area contributed by atoms with Crippen molar-refractivity contribution in [2.45, 2.75) is 238 Å². The molecule has 9 nitrogen and oxygen atoms in total. The molecule has 8 rings (SSSR count). The summed E-state index contributed by atoms with van der Waals surface area (Å²) in [5.41, 5.74) is -2.03. The van der Waals surface area contributed by atoms with Crippen LogP contribution in [-0.4, -0.2) is 69.9 Å². The zero-order valence-corrected chi connectivity index (χ0v) is 47.8. The van der Waals surface area contributed by atoms with E-state index in [1.807, 2.05) is 39.7 Å². The molecule has 3 fully saturated rings. The first kappa shape index (κ1) is 52.0. The van der Waals surface area contributed by atoms with Gasteiger partial charge in [-0.3, -0.25) is 0 Å². The Kier molecular flexibility index (Phi) is 14.0. The minimum atomic E-state index is -2.36. The Hall–Kier alpha value is -1.81. The van der Waals surface area contributed by atoms with Gasteiger partial charge in [0.2, 0.25) is 0 Å². The lowest BCUT2D eigenvalue weighted by atomic mass is 9.40. The second-order valence-electron chi connectivity index (χ2n) is 25.4. The molecule has 3 heterocycles. The van der Waals surface area contributed by atoms with Gasteiger partial charge < -0.3 is 18.0 Å². The average Bonchev–Trinajstić information content (AvgIpc) is 3.74. The first-order valence-electron chi connectivity index (χ1n) is 26.6. The summed E-state index contributed by atoms with van der Waals surface area (Å²) < 4.78 is 34.8. The Morgan fingerprint density at radius 1 is 0.742 bits per heavy atom. The van der Waals surface area contributed by atoms with E-state index >= 15 is 9.59 Å². The second kappa shape index (κ2) is 17.8. The van der Waals surface area contributed by atoms with E-state index in [0.717, 1.165) is 71.0 Å². The number of ether oxygens (including phenoxy) is 1. The quantitative estimate of drug-likeness (QED) is 0.0840. The van der Waals surface area contributed by atoms with Gasteiger partial charge in [0.05, 0.1) is 34.6 Å². The van der Waals surface area contributed by atoms with Gasteiger partial charge in [-0.05, 0) is 147 Å². The predicted molar refractivity (Wildman–Crippen MR) is 280 cm³/mol. The van der Waals surface area contributed by atoms with Gasteiger partial charge in [-0.25, -0.2) is 23.5 Å².